The molecule has 21 heavy (non-hydrogen) atoms. The van der Waals surface area contributed by atoms with Crippen molar-refractivity contribution in [3.05, 3.63) is 58.9 Å². The molecule has 1 heterocycles. The minimum absolute atomic E-state index is 0.286. The predicted molar refractivity (Wildman–Crippen MR) is 83.0 cm³/mol. The summed E-state index contributed by atoms with van der Waals surface area (Å²) in [5, 5.41) is 0.885. The Morgan fingerprint density at radius 1 is 1.29 bits per heavy atom. The number of nitrogens with zero attached hydrogens (tertiary/aromatic N) is 1. The first-order valence-electron chi connectivity index (χ1n) is 6.66. The van der Waals surface area contributed by atoms with Crippen molar-refractivity contribution in [2.24, 2.45) is 5.73 Å². The van der Waals surface area contributed by atoms with E-state index in [4.69, 9.17) is 10.5 Å². The van der Waals surface area contributed by atoms with E-state index in [9.17, 15) is 4.39 Å². The fraction of sp³-hybridized carbons (Fsp3) is 0.188. The minimum Gasteiger partial charge on any atom is -0.486 e. The number of para-hydroxylation sites is 1. The summed E-state index contributed by atoms with van der Waals surface area (Å²) in [7, 11) is 0. The van der Waals surface area contributed by atoms with Crippen LogP contribution in [0.1, 0.15) is 23.5 Å². The highest BCUT2D eigenvalue weighted by atomic mass is 32.1. The molecule has 2 N–H and O–H groups in total. The van der Waals surface area contributed by atoms with Gasteiger partial charge in [-0.2, -0.15) is 0 Å². The first-order chi connectivity index (χ1) is 10.1. The average Bonchev–Trinajstić information content (AvgIpc) is 2.88. The van der Waals surface area contributed by atoms with E-state index >= 15 is 0 Å². The van der Waals surface area contributed by atoms with Crippen molar-refractivity contribution >= 4 is 21.6 Å². The van der Waals surface area contributed by atoms with E-state index in [0.29, 0.717) is 17.9 Å². The Kier molecular flexibility index (Phi) is 3.86. The number of nitrogens with two attached hydrogens (primary N) is 1. The highest BCUT2D eigenvalue weighted by Crippen LogP contribution is 2.27. The molecule has 0 aliphatic rings. The van der Waals surface area contributed by atoms with Crippen LogP contribution in [0.15, 0.2) is 42.5 Å². The number of thiazole rings is 1. The molecule has 108 valence electrons. The summed E-state index contributed by atoms with van der Waals surface area (Å²) < 4.78 is 20.2. The van der Waals surface area contributed by atoms with Crippen LogP contribution in [0.4, 0.5) is 4.39 Å². The summed E-state index contributed by atoms with van der Waals surface area (Å²) in [6, 6.07) is 12.1. The van der Waals surface area contributed by atoms with Crippen LogP contribution < -0.4 is 10.5 Å². The molecule has 5 heteroatoms. The number of fused-ring (bicyclic) bond motifs is 1. The Morgan fingerprint density at radius 2 is 2.10 bits per heavy atom. The van der Waals surface area contributed by atoms with Gasteiger partial charge < -0.3 is 10.5 Å². The lowest BCUT2D eigenvalue weighted by Gasteiger charge is -2.13. The largest absolute Gasteiger partial charge is 0.486 e. The summed E-state index contributed by atoms with van der Waals surface area (Å²) >= 11 is 1.59. The van der Waals surface area contributed by atoms with Gasteiger partial charge in [0.15, 0.2) is 0 Å². The molecule has 0 aliphatic heterocycles. The highest BCUT2D eigenvalue weighted by Gasteiger charge is 2.11. The number of rotatable bonds is 4. The maximum Gasteiger partial charge on any atom is 0.140 e. The number of ether oxygens (including phenoxy) is 1. The lowest BCUT2D eigenvalue weighted by atomic mass is 10.1. The van der Waals surface area contributed by atoms with E-state index in [1.165, 1.54) is 12.1 Å². The van der Waals surface area contributed by atoms with Crippen LogP contribution in [-0.4, -0.2) is 4.98 Å². The quantitative estimate of drug-likeness (QED) is 0.791. The average molecular weight is 302 g/mol. The van der Waals surface area contributed by atoms with Gasteiger partial charge in [-0.3, -0.25) is 0 Å². The van der Waals surface area contributed by atoms with E-state index in [1.54, 1.807) is 24.3 Å². The van der Waals surface area contributed by atoms with Crippen molar-refractivity contribution in [2.75, 3.05) is 0 Å². The van der Waals surface area contributed by atoms with Gasteiger partial charge in [-0.15, -0.1) is 11.3 Å². The number of hydrogen-bond acceptors (Lipinski definition) is 4. The second-order valence-electron chi connectivity index (χ2n) is 4.83. The molecule has 0 spiro atoms. The van der Waals surface area contributed by atoms with Gasteiger partial charge in [0.05, 0.1) is 10.2 Å². The Hall–Kier alpha value is -1.98. The van der Waals surface area contributed by atoms with Crippen molar-refractivity contribution in [1.82, 2.24) is 4.98 Å². The van der Waals surface area contributed by atoms with E-state index in [2.05, 4.69) is 4.98 Å². The standard InChI is InChI=1S/C16H15FN2OS/c1-10(18)12-8-11(17)6-7-14(12)20-9-16-19-13-4-2-3-5-15(13)21-16/h2-8,10H,9,18H2,1H3. The summed E-state index contributed by atoms with van der Waals surface area (Å²) in [4.78, 5) is 4.51. The number of benzene rings is 2. The lowest BCUT2D eigenvalue weighted by molar-refractivity contribution is 0.300. The molecule has 0 amide bonds. The second-order valence-corrected chi connectivity index (χ2v) is 5.95. The van der Waals surface area contributed by atoms with E-state index in [1.807, 2.05) is 24.3 Å². The third-order valence-corrected chi connectivity index (χ3v) is 4.16. The minimum atomic E-state index is -0.311. The van der Waals surface area contributed by atoms with Gasteiger partial charge in [-0.1, -0.05) is 12.1 Å². The molecule has 3 nitrogen and oxygen atoms in total. The Morgan fingerprint density at radius 3 is 2.86 bits per heavy atom. The molecule has 3 aromatic rings. The monoisotopic (exact) mass is 302 g/mol. The first kappa shape index (κ1) is 14.0. The molecule has 1 atom stereocenters. The zero-order valence-corrected chi connectivity index (χ0v) is 12.4. The van der Waals surface area contributed by atoms with Crippen LogP contribution in [-0.2, 0) is 6.61 Å². The van der Waals surface area contributed by atoms with Gasteiger partial charge in [0, 0.05) is 11.6 Å². The lowest BCUT2D eigenvalue weighted by Crippen LogP contribution is -2.08. The van der Waals surface area contributed by atoms with Crippen LogP contribution in [0.2, 0.25) is 0 Å². The van der Waals surface area contributed by atoms with Gasteiger partial charge in [-0.05, 0) is 37.3 Å². The Balaban J connectivity index is 1.81. The fourth-order valence-electron chi connectivity index (χ4n) is 2.13. The number of aromatic nitrogens is 1. The highest BCUT2D eigenvalue weighted by molar-refractivity contribution is 7.18. The Labute approximate surface area is 126 Å². The summed E-state index contributed by atoms with van der Waals surface area (Å²) in [6.07, 6.45) is 0. The first-order valence-corrected chi connectivity index (χ1v) is 7.47. The smallest absolute Gasteiger partial charge is 0.140 e. The second kappa shape index (κ2) is 5.79. The van der Waals surface area contributed by atoms with Crippen molar-refractivity contribution in [1.29, 1.82) is 0 Å². The maximum absolute atomic E-state index is 13.3. The number of hydrogen-bond donors (Lipinski definition) is 1. The van der Waals surface area contributed by atoms with Crippen LogP contribution in [0.5, 0.6) is 5.75 Å². The molecule has 1 unspecified atom stereocenters. The molecule has 0 saturated heterocycles. The van der Waals surface area contributed by atoms with Crippen molar-refractivity contribution in [3.8, 4) is 5.75 Å². The molecule has 0 saturated carbocycles. The molecule has 0 fully saturated rings. The zero-order valence-electron chi connectivity index (χ0n) is 11.5. The van der Waals surface area contributed by atoms with E-state index < -0.39 is 0 Å². The van der Waals surface area contributed by atoms with Gasteiger partial charge in [-0.25, -0.2) is 9.37 Å². The van der Waals surface area contributed by atoms with Gasteiger partial charge >= 0.3 is 0 Å². The molecular formula is C16H15FN2OS. The van der Waals surface area contributed by atoms with Gasteiger partial charge in [0.25, 0.3) is 0 Å². The van der Waals surface area contributed by atoms with Crippen LogP contribution >= 0.6 is 11.3 Å². The van der Waals surface area contributed by atoms with Crippen molar-refractivity contribution in [2.45, 2.75) is 19.6 Å². The Bertz CT molecular complexity index is 737. The molecule has 0 radical (unpaired) electrons. The molecule has 0 aliphatic carbocycles. The molecule has 2 aromatic carbocycles. The fourth-order valence-corrected chi connectivity index (χ4v) is 3.01. The van der Waals surface area contributed by atoms with Crippen LogP contribution in [0.25, 0.3) is 10.2 Å². The van der Waals surface area contributed by atoms with Gasteiger partial charge in [0.1, 0.15) is 23.2 Å². The molecule has 1 aromatic heterocycles. The maximum atomic E-state index is 13.3. The number of halogens is 1. The van der Waals surface area contributed by atoms with Crippen LogP contribution in [0, 0.1) is 5.82 Å². The normalized spacial score (nSPS) is 12.5. The van der Waals surface area contributed by atoms with E-state index in [-0.39, 0.29) is 11.9 Å². The van der Waals surface area contributed by atoms with Crippen molar-refractivity contribution in [3.63, 3.8) is 0 Å². The third kappa shape index (κ3) is 3.04. The zero-order chi connectivity index (χ0) is 14.8. The van der Waals surface area contributed by atoms with Gasteiger partial charge in [0.2, 0.25) is 0 Å². The molecule has 0 bridgehead atoms. The summed E-state index contributed by atoms with van der Waals surface area (Å²) in [6.45, 7) is 2.16. The SMILES string of the molecule is CC(N)c1cc(F)ccc1OCc1nc2ccccc2s1. The summed E-state index contributed by atoms with van der Waals surface area (Å²) in [5.41, 5.74) is 7.48. The third-order valence-electron chi connectivity index (χ3n) is 3.15. The summed E-state index contributed by atoms with van der Waals surface area (Å²) in [5.74, 6) is 0.292. The molecular weight excluding hydrogens is 287 g/mol. The molecule has 3 rings (SSSR count). The van der Waals surface area contributed by atoms with Crippen molar-refractivity contribution < 1.29 is 9.13 Å². The van der Waals surface area contributed by atoms with E-state index in [0.717, 1.165) is 15.2 Å². The predicted octanol–water partition coefficient (Wildman–Crippen LogP) is 4.03. The topological polar surface area (TPSA) is 48.1 Å². The van der Waals surface area contributed by atoms with Crippen LogP contribution in [0.3, 0.4) is 0 Å².